The van der Waals surface area contributed by atoms with Gasteiger partial charge in [0.1, 0.15) is 29.2 Å². The Hall–Kier alpha value is -2.81. The summed E-state index contributed by atoms with van der Waals surface area (Å²) in [6.45, 7) is 1.92. The van der Waals surface area contributed by atoms with E-state index in [1.807, 2.05) is 24.3 Å². The first-order chi connectivity index (χ1) is 14.5. The maximum Gasteiger partial charge on any atom is 0.431 e. The third-order valence-electron chi connectivity index (χ3n) is 5.94. The summed E-state index contributed by atoms with van der Waals surface area (Å²) < 4.78 is 51.3. The summed E-state index contributed by atoms with van der Waals surface area (Å²) in [6.07, 6.45) is -1.20. The molecule has 2 aromatic heterocycles. The number of nitrogens with zero attached hydrogens (tertiary/aromatic N) is 2. The topological polar surface area (TPSA) is 72.1 Å². The lowest BCUT2D eigenvalue weighted by Crippen LogP contribution is -2.39. The summed E-state index contributed by atoms with van der Waals surface area (Å²) in [5, 5.41) is 3.73. The molecule has 3 aromatic rings. The lowest BCUT2D eigenvalue weighted by molar-refractivity contribution is -0.140. The van der Waals surface area contributed by atoms with E-state index in [9.17, 15) is 13.2 Å². The number of rotatable bonds is 3. The zero-order chi connectivity index (χ0) is 20.7. The molecule has 0 bridgehead atoms. The highest BCUT2D eigenvalue weighted by atomic mass is 19.4. The Balaban J connectivity index is 1.54. The molecule has 0 saturated carbocycles. The number of para-hydroxylation sites is 1. The highest BCUT2D eigenvalue weighted by Crippen LogP contribution is 2.43. The summed E-state index contributed by atoms with van der Waals surface area (Å²) in [5.74, 6) is 1.54. The molecule has 9 heteroatoms. The average Bonchev–Trinajstić information content (AvgIpc) is 3.21. The van der Waals surface area contributed by atoms with E-state index in [1.165, 1.54) is 6.33 Å². The maximum atomic E-state index is 13.2. The Morgan fingerprint density at radius 3 is 2.80 bits per heavy atom. The Morgan fingerprint density at radius 2 is 2.00 bits per heavy atom. The van der Waals surface area contributed by atoms with Crippen LogP contribution in [0.25, 0.3) is 11.0 Å². The molecule has 6 nitrogen and oxygen atoms in total. The van der Waals surface area contributed by atoms with Gasteiger partial charge in [0.15, 0.2) is 0 Å². The molecule has 30 heavy (non-hydrogen) atoms. The van der Waals surface area contributed by atoms with Crippen molar-refractivity contribution in [1.29, 1.82) is 0 Å². The standard InChI is InChI=1S/C21H21F3N4O2/c22-21(23,24)17-8-14-19(27-17)25-11-26-20(14)28-18-13-5-1-2-6-16(13)30-10-15(18)12-4-3-7-29-9-12/h1-2,5-6,8,11-12,15,18H,3-4,7,9-10H2,(H2,25,26,27,28)/t12?,15-,18-/m1/s1. The van der Waals surface area contributed by atoms with Crippen molar-refractivity contribution < 1.29 is 22.6 Å². The number of halogens is 3. The Morgan fingerprint density at radius 1 is 1.13 bits per heavy atom. The van der Waals surface area contributed by atoms with E-state index in [0.717, 1.165) is 36.8 Å². The minimum Gasteiger partial charge on any atom is -0.493 e. The van der Waals surface area contributed by atoms with Crippen LogP contribution in [-0.4, -0.2) is 34.8 Å². The molecule has 1 fully saturated rings. The van der Waals surface area contributed by atoms with Crippen molar-refractivity contribution in [3.8, 4) is 5.75 Å². The summed E-state index contributed by atoms with van der Waals surface area (Å²) in [4.78, 5) is 10.6. The second kappa shape index (κ2) is 7.46. The molecular formula is C21H21F3N4O2. The van der Waals surface area contributed by atoms with Gasteiger partial charge in [0, 0.05) is 24.7 Å². The highest BCUT2D eigenvalue weighted by Gasteiger charge is 2.38. The van der Waals surface area contributed by atoms with Crippen LogP contribution in [0.15, 0.2) is 36.7 Å². The van der Waals surface area contributed by atoms with Crippen molar-refractivity contribution in [2.45, 2.75) is 25.1 Å². The fourth-order valence-electron chi connectivity index (χ4n) is 4.43. The molecule has 2 N–H and O–H groups in total. The molecule has 2 aliphatic heterocycles. The van der Waals surface area contributed by atoms with Crippen LogP contribution < -0.4 is 10.1 Å². The van der Waals surface area contributed by atoms with E-state index in [-0.39, 0.29) is 17.6 Å². The SMILES string of the molecule is FC(F)(F)c1cc2c(N[C@@H]3c4ccccc4OC[C@@H]3C3CCCOC3)ncnc2[nH]1. The van der Waals surface area contributed by atoms with Gasteiger partial charge in [-0.25, -0.2) is 9.97 Å². The van der Waals surface area contributed by atoms with Crippen molar-refractivity contribution in [1.82, 2.24) is 15.0 Å². The van der Waals surface area contributed by atoms with Gasteiger partial charge < -0.3 is 19.8 Å². The van der Waals surface area contributed by atoms with Crippen LogP contribution in [0.3, 0.4) is 0 Å². The van der Waals surface area contributed by atoms with Crippen LogP contribution in [0.5, 0.6) is 5.75 Å². The van der Waals surface area contributed by atoms with Gasteiger partial charge in [-0.05, 0) is 30.9 Å². The van der Waals surface area contributed by atoms with Crippen LogP contribution in [0.1, 0.15) is 30.1 Å². The molecule has 4 heterocycles. The first-order valence-corrected chi connectivity index (χ1v) is 9.97. The molecule has 3 atom stereocenters. The van der Waals surface area contributed by atoms with Crippen LogP contribution in [0.2, 0.25) is 0 Å². The van der Waals surface area contributed by atoms with E-state index >= 15 is 0 Å². The van der Waals surface area contributed by atoms with Crippen LogP contribution in [0, 0.1) is 11.8 Å². The second-order valence-electron chi connectivity index (χ2n) is 7.78. The van der Waals surface area contributed by atoms with E-state index in [1.54, 1.807) is 0 Å². The quantitative estimate of drug-likeness (QED) is 0.652. The maximum absolute atomic E-state index is 13.2. The zero-order valence-corrected chi connectivity index (χ0v) is 16.1. The van der Waals surface area contributed by atoms with E-state index in [2.05, 4.69) is 20.3 Å². The number of hydrogen-bond acceptors (Lipinski definition) is 5. The average molecular weight is 418 g/mol. The molecule has 2 aliphatic rings. The van der Waals surface area contributed by atoms with Gasteiger partial charge in [-0.1, -0.05) is 18.2 Å². The lowest BCUT2D eigenvalue weighted by atomic mass is 9.79. The Kier molecular flexibility index (Phi) is 4.77. The zero-order valence-electron chi connectivity index (χ0n) is 16.1. The number of alkyl halides is 3. The first kappa shape index (κ1) is 19.2. The normalized spacial score (nSPS) is 24.3. The van der Waals surface area contributed by atoms with E-state index in [0.29, 0.717) is 30.3 Å². The fraction of sp³-hybridized carbons (Fsp3) is 0.429. The minimum atomic E-state index is -4.48. The number of ether oxygens (including phenoxy) is 2. The molecule has 0 amide bonds. The molecule has 5 rings (SSSR count). The number of fused-ring (bicyclic) bond motifs is 2. The first-order valence-electron chi connectivity index (χ1n) is 9.97. The number of aromatic nitrogens is 3. The monoisotopic (exact) mass is 418 g/mol. The Labute approximate surface area is 170 Å². The molecule has 0 aliphatic carbocycles. The smallest absolute Gasteiger partial charge is 0.431 e. The van der Waals surface area contributed by atoms with Gasteiger partial charge in [-0.3, -0.25) is 0 Å². The van der Waals surface area contributed by atoms with E-state index < -0.39 is 11.9 Å². The summed E-state index contributed by atoms with van der Waals surface area (Å²) >= 11 is 0. The van der Waals surface area contributed by atoms with Crippen LogP contribution in [0.4, 0.5) is 19.0 Å². The predicted octanol–water partition coefficient (Wildman–Crippen LogP) is 4.57. The third-order valence-corrected chi connectivity index (χ3v) is 5.94. The number of aromatic amines is 1. The summed E-state index contributed by atoms with van der Waals surface area (Å²) in [5.41, 5.74) is 0.279. The minimum absolute atomic E-state index is 0.103. The van der Waals surface area contributed by atoms with Crippen molar-refractivity contribution >= 4 is 16.9 Å². The van der Waals surface area contributed by atoms with Crippen molar-refractivity contribution in [2.75, 3.05) is 25.1 Å². The fourth-order valence-corrected chi connectivity index (χ4v) is 4.43. The summed E-state index contributed by atoms with van der Waals surface area (Å²) in [7, 11) is 0. The second-order valence-corrected chi connectivity index (χ2v) is 7.78. The van der Waals surface area contributed by atoms with Gasteiger partial charge in [-0.2, -0.15) is 13.2 Å². The van der Waals surface area contributed by atoms with Crippen molar-refractivity contribution in [3.05, 3.63) is 47.9 Å². The molecule has 0 radical (unpaired) electrons. The molecular weight excluding hydrogens is 397 g/mol. The van der Waals surface area contributed by atoms with Crippen molar-refractivity contribution in [3.63, 3.8) is 0 Å². The molecule has 158 valence electrons. The predicted molar refractivity (Wildman–Crippen MR) is 104 cm³/mol. The van der Waals surface area contributed by atoms with Crippen LogP contribution in [-0.2, 0) is 10.9 Å². The number of hydrogen-bond donors (Lipinski definition) is 2. The number of benzene rings is 1. The van der Waals surface area contributed by atoms with Gasteiger partial charge in [0.2, 0.25) is 0 Å². The van der Waals surface area contributed by atoms with Crippen molar-refractivity contribution in [2.24, 2.45) is 11.8 Å². The van der Waals surface area contributed by atoms with Crippen LogP contribution >= 0.6 is 0 Å². The number of nitrogens with one attached hydrogen (secondary N) is 2. The highest BCUT2D eigenvalue weighted by molar-refractivity contribution is 5.88. The largest absolute Gasteiger partial charge is 0.493 e. The number of anilines is 1. The molecule has 1 saturated heterocycles. The molecule has 0 spiro atoms. The molecule has 1 unspecified atom stereocenters. The Bertz CT molecular complexity index is 1050. The van der Waals surface area contributed by atoms with Gasteiger partial charge in [-0.15, -0.1) is 0 Å². The van der Waals surface area contributed by atoms with Gasteiger partial charge >= 0.3 is 6.18 Å². The lowest BCUT2D eigenvalue weighted by Gasteiger charge is -2.40. The third kappa shape index (κ3) is 3.47. The van der Waals surface area contributed by atoms with Gasteiger partial charge in [0.25, 0.3) is 0 Å². The van der Waals surface area contributed by atoms with E-state index in [4.69, 9.17) is 9.47 Å². The van der Waals surface area contributed by atoms with Gasteiger partial charge in [0.05, 0.1) is 18.0 Å². The summed E-state index contributed by atoms with van der Waals surface area (Å²) in [6, 6.07) is 8.63. The molecule has 1 aromatic carbocycles. The number of H-pyrrole nitrogens is 1.